The normalized spacial score (nSPS) is 11.1. The minimum absolute atomic E-state index is 0.0499. The number of carbonyl (C=O) groups is 2. The van der Waals surface area contributed by atoms with Crippen molar-refractivity contribution >= 4 is 50.9 Å². The highest BCUT2D eigenvalue weighted by Gasteiger charge is 2.24. The second kappa shape index (κ2) is 8.48. The number of nitrogens with one attached hydrogen (secondary N) is 1. The molecule has 2 heterocycles. The number of para-hydroxylation sites is 1. The van der Waals surface area contributed by atoms with Crippen LogP contribution < -0.4 is 10.1 Å². The number of hydrogen-bond acceptors (Lipinski definition) is 5. The standard InChI is InChI=1S/C26H18ClNO5/c1-31-18-10-11-21-20(13-18)16(14-32-21)12-23(29)28-24-19-4-2-3-5-22(19)33-26(24)25(30)15-6-8-17(27)9-7-15/h2-11,13-14H,12H2,1H3,(H,28,29). The summed E-state index contributed by atoms with van der Waals surface area (Å²) in [6.45, 7) is 0. The first kappa shape index (κ1) is 20.8. The number of benzene rings is 3. The van der Waals surface area contributed by atoms with Gasteiger partial charge in [0.1, 0.15) is 16.9 Å². The lowest BCUT2D eigenvalue weighted by molar-refractivity contribution is -0.115. The Balaban J connectivity index is 1.48. The molecule has 7 heteroatoms. The molecule has 0 aliphatic rings. The smallest absolute Gasteiger partial charge is 0.230 e. The zero-order valence-electron chi connectivity index (χ0n) is 17.6. The Morgan fingerprint density at radius 3 is 2.55 bits per heavy atom. The lowest BCUT2D eigenvalue weighted by atomic mass is 10.1. The van der Waals surface area contributed by atoms with Crippen LogP contribution in [0.1, 0.15) is 21.7 Å². The van der Waals surface area contributed by atoms with Crippen LogP contribution in [0.4, 0.5) is 5.69 Å². The molecule has 0 unspecified atom stereocenters. The highest BCUT2D eigenvalue weighted by Crippen LogP contribution is 2.33. The Bertz CT molecular complexity index is 1500. The molecular formula is C26H18ClNO5. The van der Waals surface area contributed by atoms with E-state index in [0.717, 1.165) is 5.39 Å². The Morgan fingerprint density at radius 1 is 0.970 bits per heavy atom. The van der Waals surface area contributed by atoms with Crippen LogP contribution >= 0.6 is 11.6 Å². The minimum atomic E-state index is -0.350. The molecule has 1 N–H and O–H groups in total. The summed E-state index contributed by atoms with van der Waals surface area (Å²) >= 11 is 5.95. The molecule has 3 aromatic carbocycles. The van der Waals surface area contributed by atoms with Crippen molar-refractivity contribution in [3.63, 3.8) is 0 Å². The van der Waals surface area contributed by atoms with Gasteiger partial charge >= 0.3 is 0 Å². The van der Waals surface area contributed by atoms with E-state index in [2.05, 4.69) is 5.32 Å². The van der Waals surface area contributed by atoms with Gasteiger partial charge in [-0.3, -0.25) is 9.59 Å². The van der Waals surface area contributed by atoms with Crippen molar-refractivity contribution in [3.8, 4) is 5.75 Å². The van der Waals surface area contributed by atoms with Crippen molar-refractivity contribution in [1.82, 2.24) is 0 Å². The van der Waals surface area contributed by atoms with E-state index < -0.39 is 0 Å². The summed E-state index contributed by atoms with van der Waals surface area (Å²) in [6, 6.07) is 19.1. The average Bonchev–Trinajstić information content (AvgIpc) is 3.40. The van der Waals surface area contributed by atoms with Gasteiger partial charge in [0.15, 0.2) is 5.76 Å². The van der Waals surface area contributed by atoms with E-state index in [9.17, 15) is 9.59 Å². The van der Waals surface area contributed by atoms with E-state index in [1.807, 2.05) is 12.1 Å². The van der Waals surface area contributed by atoms with E-state index in [4.69, 9.17) is 25.2 Å². The molecule has 0 saturated heterocycles. The van der Waals surface area contributed by atoms with E-state index in [1.165, 1.54) is 0 Å². The van der Waals surface area contributed by atoms with E-state index in [0.29, 0.717) is 44.1 Å². The minimum Gasteiger partial charge on any atom is -0.497 e. The third-order valence-corrected chi connectivity index (χ3v) is 5.64. The molecule has 0 saturated carbocycles. The van der Waals surface area contributed by atoms with Crippen molar-refractivity contribution in [2.45, 2.75) is 6.42 Å². The predicted octanol–water partition coefficient (Wildman–Crippen LogP) is 6.25. The monoisotopic (exact) mass is 459 g/mol. The average molecular weight is 460 g/mol. The molecule has 0 aliphatic heterocycles. The number of methoxy groups -OCH3 is 1. The predicted molar refractivity (Wildman–Crippen MR) is 126 cm³/mol. The molecule has 0 fully saturated rings. The Kier molecular flexibility index (Phi) is 5.36. The number of halogens is 1. The van der Waals surface area contributed by atoms with Crippen LogP contribution in [0.25, 0.3) is 21.9 Å². The van der Waals surface area contributed by atoms with Gasteiger partial charge in [-0.15, -0.1) is 0 Å². The van der Waals surface area contributed by atoms with Crippen molar-refractivity contribution < 1.29 is 23.2 Å². The largest absolute Gasteiger partial charge is 0.497 e. The van der Waals surface area contributed by atoms with E-state index in [1.54, 1.807) is 68.0 Å². The van der Waals surface area contributed by atoms with Gasteiger partial charge in [-0.1, -0.05) is 23.7 Å². The van der Waals surface area contributed by atoms with Crippen LogP contribution in [0, 0.1) is 0 Å². The molecule has 0 aliphatic carbocycles. The molecule has 0 atom stereocenters. The van der Waals surface area contributed by atoms with E-state index >= 15 is 0 Å². The number of carbonyl (C=O) groups excluding carboxylic acids is 2. The van der Waals surface area contributed by atoms with Gasteiger partial charge in [-0.25, -0.2) is 0 Å². The maximum absolute atomic E-state index is 13.2. The van der Waals surface area contributed by atoms with Gasteiger partial charge in [0.25, 0.3) is 0 Å². The second-order valence-corrected chi connectivity index (χ2v) is 7.92. The van der Waals surface area contributed by atoms with Crippen LogP contribution in [0.3, 0.4) is 0 Å². The molecule has 0 radical (unpaired) electrons. The SMILES string of the molecule is COc1ccc2occ(CC(=O)Nc3c(C(=O)c4ccc(Cl)cc4)oc4ccccc34)c2c1. The zero-order valence-corrected chi connectivity index (χ0v) is 18.3. The third-order valence-electron chi connectivity index (χ3n) is 5.38. The van der Waals surface area contributed by atoms with Crippen LogP contribution in [-0.4, -0.2) is 18.8 Å². The maximum atomic E-state index is 13.2. The number of hydrogen-bond donors (Lipinski definition) is 1. The molecule has 0 spiro atoms. The molecular weight excluding hydrogens is 442 g/mol. The highest BCUT2D eigenvalue weighted by atomic mass is 35.5. The van der Waals surface area contributed by atoms with Gasteiger partial charge in [-0.2, -0.15) is 0 Å². The molecule has 1 amide bonds. The zero-order chi connectivity index (χ0) is 22.9. The summed E-state index contributed by atoms with van der Waals surface area (Å²) in [5.41, 5.74) is 2.61. The number of amides is 1. The molecule has 164 valence electrons. The van der Waals surface area contributed by atoms with Gasteiger partial charge in [0.2, 0.25) is 11.7 Å². The summed E-state index contributed by atoms with van der Waals surface area (Å²) in [7, 11) is 1.58. The lowest BCUT2D eigenvalue weighted by Gasteiger charge is -2.06. The van der Waals surface area contributed by atoms with Gasteiger partial charge in [-0.05, 0) is 54.6 Å². The number of anilines is 1. The van der Waals surface area contributed by atoms with Gasteiger partial charge in [0, 0.05) is 26.9 Å². The molecule has 6 nitrogen and oxygen atoms in total. The summed E-state index contributed by atoms with van der Waals surface area (Å²) < 4.78 is 16.7. The van der Waals surface area contributed by atoms with Crippen molar-refractivity contribution in [1.29, 1.82) is 0 Å². The third kappa shape index (κ3) is 3.97. The molecule has 0 bridgehead atoms. The number of ether oxygens (including phenoxy) is 1. The first-order chi connectivity index (χ1) is 16.0. The number of furan rings is 2. The first-order valence-corrected chi connectivity index (χ1v) is 10.6. The Morgan fingerprint density at radius 2 is 1.76 bits per heavy atom. The number of fused-ring (bicyclic) bond motifs is 2. The Labute approximate surface area is 193 Å². The summed E-state index contributed by atoms with van der Waals surface area (Å²) in [4.78, 5) is 26.2. The van der Waals surface area contributed by atoms with Crippen LogP contribution in [0.2, 0.25) is 5.02 Å². The summed E-state index contributed by atoms with van der Waals surface area (Å²) in [6.07, 6.45) is 1.60. The topological polar surface area (TPSA) is 81.7 Å². The fourth-order valence-corrected chi connectivity index (χ4v) is 3.87. The Hall–Kier alpha value is -4.03. The summed E-state index contributed by atoms with van der Waals surface area (Å²) in [5.74, 6) is 0.0710. The molecule has 5 aromatic rings. The highest BCUT2D eigenvalue weighted by molar-refractivity contribution is 6.30. The quantitative estimate of drug-likeness (QED) is 0.303. The van der Waals surface area contributed by atoms with Crippen LogP contribution in [0.5, 0.6) is 5.75 Å². The van der Waals surface area contributed by atoms with Gasteiger partial charge in [0.05, 0.1) is 25.5 Å². The van der Waals surface area contributed by atoms with Gasteiger partial charge < -0.3 is 18.9 Å². The maximum Gasteiger partial charge on any atom is 0.230 e. The molecule has 33 heavy (non-hydrogen) atoms. The van der Waals surface area contributed by atoms with Crippen molar-refractivity contribution in [2.75, 3.05) is 12.4 Å². The first-order valence-electron chi connectivity index (χ1n) is 10.2. The number of rotatable bonds is 6. The summed E-state index contributed by atoms with van der Waals surface area (Å²) in [5, 5.41) is 4.83. The second-order valence-electron chi connectivity index (χ2n) is 7.49. The van der Waals surface area contributed by atoms with Crippen molar-refractivity contribution in [3.05, 3.63) is 94.9 Å². The van der Waals surface area contributed by atoms with Crippen LogP contribution in [0.15, 0.2) is 81.8 Å². The van der Waals surface area contributed by atoms with Crippen molar-refractivity contribution in [2.24, 2.45) is 0 Å². The number of ketones is 1. The fraction of sp³-hybridized carbons (Fsp3) is 0.0769. The molecule has 2 aromatic heterocycles. The molecule has 5 rings (SSSR count). The lowest BCUT2D eigenvalue weighted by Crippen LogP contribution is -2.16. The fourth-order valence-electron chi connectivity index (χ4n) is 3.74. The van der Waals surface area contributed by atoms with Crippen LogP contribution in [-0.2, 0) is 11.2 Å². The van der Waals surface area contributed by atoms with E-state index in [-0.39, 0.29) is 23.9 Å².